The van der Waals surface area contributed by atoms with Gasteiger partial charge in [0.15, 0.2) is 0 Å². The van der Waals surface area contributed by atoms with Crippen LogP contribution in [0.2, 0.25) is 0 Å². The van der Waals surface area contributed by atoms with Gasteiger partial charge in [-0.25, -0.2) is 4.98 Å². The van der Waals surface area contributed by atoms with Gasteiger partial charge in [-0.3, -0.25) is 0 Å². The molecule has 2 N–H and O–H groups in total. The van der Waals surface area contributed by atoms with Crippen LogP contribution in [-0.2, 0) is 12.8 Å². The van der Waals surface area contributed by atoms with E-state index in [1.165, 1.54) is 35.4 Å². The first-order chi connectivity index (χ1) is 9.24. The molecule has 1 aliphatic rings. The maximum absolute atomic E-state index is 6.47. The SMILES string of the molecule is Cc1csc(CC(N)C2CCCc3ccccc32)n1. The van der Waals surface area contributed by atoms with Crippen molar-refractivity contribution in [1.29, 1.82) is 0 Å². The van der Waals surface area contributed by atoms with Crippen molar-refractivity contribution >= 4 is 11.3 Å². The highest BCUT2D eigenvalue weighted by Gasteiger charge is 2.25. The van der Waals surface area contributed by atoms with E-state index in [1.54, 1.807) is 11.3 Å². The van der Waals surface area contributed by atoms with E-state index in [9.17, 15) is 0 Å². The highest BCUT2D eigenvalue weighted by atomic mass is 32.1. The fourth-order valence-electron chi connectivity index (χ4n) is 3.08. The molecule has 2 aromatic rings. The van der Waals surface area contributed by atoms with Crippen LogP contribution in [0.1, 0.15) is 40.6 Å². The lowest BCUT2D eigenvalue weighted by molar-refractivity contribution is 0.459. The van der Waals surface area contributed by atoms with Gasteiger partial charge in [0.05, 0.1) is 5.01 Å². The van der Waals surface area contributed by atoms with E-state index >= 15 is 0 Å². The minimum Gasteiger partial charge on any atom is -0.327 e. The third-order valence-electron chi connectivity index (χ3n) is 4.01. The Balaban J connectivity index is 1.79. The first-order valence-corrected chi connectivity index (χ1v) is 7.86. The van der Waals surface area contributed by atoms with Gasteiger partial charge in [-0.15, -0.1) is 11.3 Å². The van der Waals surface area contributed by atoms with Gasteiger partial charge in [-0.05, 0) is 43.2 Å². The average molecular weight is 272 g/mol. The molecule has 0 fully saturated rings. The zero-order valence-electron chi connectivity index (χ0n) is 11.3. The van der Waals surface area contributed by atoms with E-state index in [1.807, 2.05) is 6.92 Å². The standard InChI is InChI=1S/C16H20N2S/c1-11-10-19-16(18-11)9-15(17)14-8-4-6-12-5-2-3-7-13(12)14/h2-3,5,7,10,14-15H,4,6,8-9,17H2,1H3. The molecule has 1 heterocycles. The van der Waals surface area contributed by atoms with Crippen molar-refractivity contribution in [2.75, 3.05) is 0 Å². The van der Waals surface area contributed by atoms with Gasteiger partial charge in [0, 0.05) is 23.5 Å². The summed E-state index contributed by atoms with van der Waals surface area (Å²) in [7, 11) is 0. The molecule has 0 amide bonds. The van der Waals surface area contributed by atoms with E-state index < -0.39 is 0 Å². The Labute approximate surface area is 118 Å². The second-order valence-corrected chi connectivity index (χ2v) is 6.39. The summed E-state index contributed by atoms with van der Waals surface area (Å²) < 4.78 is 0. The van der Waals surface area contributed by atoms with Gasteiger partial charge >= 0.3 is 0 Å². The zero-order valence-corrected chi connectivity index (χ0v) is 12.1. The van der Waals surface area contributed by atoms with Crippen LogP contribution in [0.4, 0.5) is 0 Å². The maximum atomic E-state index is 6.47. The number of aryl methyl sites for hydroxylation is 2. The molecule has 0 spiro atoms. The molecule has 0 aliphatic heterocycles. The Morgan fingerprint density at radius 2 is 2.26 bits per heavy atom. The van der Waals surface area contributed by atoms with Crippen LogP contribution < -0.4 is 5.73 Å². The number of aromatic nitrogens is 1. The smallest absolute Gasteiger partial charge is 0.0943 e. The van der Waals surface area contributed by atoms with E-state index in [4.69, 9.17) is 5.73 Å². The molecule has 3 rings (SSSR count). The summed E-state index contributed by atoms with van der Waals surface area (Å²) in [6.45, 7) is 2.04. The van der Waals surface area contributed by atoms with Crippen molar-refractivity contribution in [1.82, 2.24) is 4.98 Å². The van der Waals surface area contributed by atoms with Crippen LogP contribution in [-0.4, -0.2) is 11.0 Å². The normalized spacial score (nSPS) is 20.0. The van der Waals surface area contributed by atoms with Crippen LogP contribution in [0, 0.1) is 6.92 Å². The lowest BCUT2D eigenvalue weighted by Gasteiger charge is -2.29. The van der Waals surface area contributed by atoms with Crippen molar-refractivity contribution in [3.8, 4) is 0 Å². The Bertz CT molecular complexity index is 561. The zero-order chi connectivity index (χ0) is 13.2. The monoisotopic (exact) mass is 272 g/mol. The molecule has 0 saturated heterocycles. The molecule has 2 unspecified atom stereocenters. The van der Waals surface area contributed by atoms with Crippen molar-refractivity contribution < 1.29 is 0 Å². The fourth-order valence-corrected chi connectivity index (χ4v) is 3.92. The predicted molar refractivity (Wildman–Crippen MR) is 80.7 cm³/mol. The molecule has 0 radical (unpaired) electrons. The molecule has 3 heteroatoms. The minimum absolute atomic E-state index is 0.187. The first-order valence-electron chi connectivity index (χ1n) is 6.98. The Morgan fingerprint density at radius 1 is 1.42 bits per heavy atom. The van der Waals surface area contributed by atoms with Crippen LogP contribution in [0.15, 0.2) is 29.6 Å². The largest absolute Gasteiger partial charge is 0.327 e. The predicted octanol–water partition coefficient (Wildman–Crippen LogP) is 3.44. The van der Waals surface area contributed by atoms with E-state index in [0.29, 0.717) is 5.92 Å². The summed E-state index contributed by atoms with van der Waals surface area (Å²) >= 11 is 1.73. The lowest BCUT2D eigenvalue weighted by Crippen LogP contribution is -2.33. The average Bonchev–Trinajstić information content (AvgIpc) is 2.83. The molecule has 1 aromatic carbocycles. The van der Waals surface area contributed by atoms with Gasteiger partial charge in [-0.2, -0.15) is 0 Å². The third-order valence-corrected chi connectivity index (χ3v) is 5.00. The highest BCUT2D eigenvalue weighted by Crippen LogP contribution is 2.34. The van der Waals surface area contributed by atoms with Gasteiger partial charge in [0.1, 0.15) is 0 Å². The van der Waals surface area contributed by atoms with Gasteiger partial charge in [0.2, 0.25) is 0 Å². The molecule has 100 valence electrons. The Kier molecular flexibility index (Phi) is 3.67. The van der Waals surface area contributed by atoms with Crippen LogP contribution in [0.5, 0.6) is 0 Å². The first kappa shape index (κ1) is 12.8. The molecular weight excluding hydrogens is 252 g/mol. The summed E-state index contributed by atoms with van der Waals surface area (Å²) in [6.07, 6.45) is 4.57. The molecule has 0 saturated carbocycles. The molecule has 1 aliphatic carbocycles. The Hall–Kier alpha value is -1.19. The van der Waals surface area contributed by atoms with Crippen molar-refractivity contribution in [2.45, 2.75) is 44.6 Å². The van der Waals surface area contributed by atoms with Gasteiger partial charge in [0.25, 0.3) is 0 Å². The number of benzene rings is 1. The number of nitrogens with two attached hydrogens (primary N) is 1. The number of hydrogen-bond donors (Lipinski definition) is 1. The summed E-state index contributed by atoms with van der Waals surface area (Å²) in [5.74, 6) is 0.495. The summed E-state index contributed by atoms with van der Waals surface area (Å²) in [5.41, 5.74) is 10.5. The van der Waals surface area contributed by atoms with Crippen molar-refractivity contribution in [2.24, 2.45) is 5.73 Å². The molecule has 0 bridgehead atoms. The molecular formula is C16H20N2S. The van der Waals surface area contributed by atoms with Gasteiger partial charge in [-0.1, -0.05) is 24.3 Å². The lowest BCUT2D eigenvalue weighted by atomic mass is 9.78. The van der Waals surface area contributed by atoms with Crippen molar-refractivity contribution in [3.63, 3.8) is 0 Å². The minimum atomic E-state index is 0.187. The van der Waals surface area contributed by atoms with E-state index in [0.717, 1.165) is 12.1 Å². The summed E-state index contributed by atoms with van der Waals surface area (Å²) in [4.78, 5) is 4.54. The maximum Gasteiger partial charge on any atom is 0.0943 e. The quantitative estimate of drug-likeness (QED) is 0.929. The van der Waals surface area contributed by atoms with Crippen molar-refractivity contribution in [3.05, 3.63) is 51.5 Å². The number of nitrogens with zero attached hydrogens (tertiary/aromatic N) is 1. The summed E-state index contributed by atoms with van der Waals surface area (Å²) in [5, 5.41) is 3.28. The highest BCUT2D eigenvalue weighted by molar-refractivity contribution is 7.09. The van der Waals surface area contributed by atoms with E-state index in [-0.39, 0.29) is 6.04 Å². The second-order valence-electron chi connectivity index (χ2n) is 5.45. The molecule has 1 aromatic heterocycles. The Morgan fingerprint density at radius 3 is 3.05 bits per heavy atom. The van der Waals surface area contributed by atoms with E-state index in [2.05, 4.69) is 34.6 Å². The number of fused-ring (bicyclic) bond motifs is 1. The number of rotatable bonds is 3. The molecule has 2 nitrogen and oxygen atoms in total. The second kappa shape index (κ2) is 5.43. The van der Waals surface area contributed by atoms with Crippen LogP contribution in [0.3, 0.4) is 0 Å². The third kappa shape index (κ3) is 2.72. The summed E-state index contributed by atoms with van der Waals surface area (Å²) in [6, 6.07) is 8.97. The number of hydrogen-bond acceptors (Lipinski definition) is 3. The van der Waals surface area contributed by atoms with Crippen LogP contribution in [0.25, 0.3) is 0 Å². The van der Waals surface area contributed by atoms with Crippen LogP contribution >= 0.6 is 11.3 Å². The van der Waals surface area contributed by atoms with Gasteiger partial charge < -0.3 is 5.73 Å². The molecule has 19 heavy (non-hydrogen) atoms. The fraction of sp³-hybridized carbons (Fsp3) is 0.438. The number of thiazole rings is 1. The topological polar surface area (TPSA) is 38.9 Å². The molecule has 2 atom stereocenters.